The molecule has 0 saturated heterocycles. The number of hydrogen-bond donors (Lipinski definition) is 0. The third kappa shape index (κ3) is 2.36. The summed E-state index contributed by atoms with van der Waals surface area (Å²) in [7, 11) is 0. The summed E-state index contributed by atoms with van der Waals surface area (Å²) in [5.41, 5.74) is 1.50. The molecule has 1 saturated carbocycles. The summed E-state index contributed by atoms with van der Waals surface area (Å²) in [5, 5.41) is 0. The second-order valence-electron chi connectivity index (χ2n) is 4.76. The van der Waals surface area contributed by atoms with Crippen molar-refractivity contribution in [2.75, 3.05) is 6.61 Å². The molecule has 1 nitrogen and oxygen atoms in total. The van der Waals surface area contributed by atoms with E-state index in [0.29, 0.717) is 6.10 Å². The van der Waals surface area contributed by atoms with Gasteiger partial charge in [-0.25, -0.2) is 0 Å². The molecule has 0 radical (unpaired) electrons. The van der Waals surface area contributed by atoms with Crippen molar-refractivity contribution in [1.82, 2.24) is 0 Å². The standard InChI is InChI=1S/C13H18O/c1-13(2,10-14-12-8-9-12)11-6-4-3-5-7-11/h3-7,12H,8-10H2,1-2H3. The average Bonchev–Trinajstić information content (AvgIpc) is 3.00. The van der Waals surface area contributed by atoms with E-state index in [1.165, 1.54) is 18.4 Å². The Kier molecular flexibility index (Phi) is 2.60. The molecule has 0 amide bonds. The molecule has 2 rings (SSSR count). The van der Waals surface area contributed by atoms with E-state index < -0.39 is 0 Å². The second kappa shape index (κ2) is 3.74. The lowest BCUT2D eigenvalue weighted by Crippen LogP contribution is -2.24. The Morgan fingerprint density at radius 3 is 2.43 bits per heavy atom. The summed E-state index contributed by atoms with van der Waals surface area (Å²) >= 11 is 0. The fraction of sp³-hybridized carbons (Fsp3) is 0.538. The van der Waals surface area contributed by atoms with E-state index in [1.54, 1.807) is 0 Å². The van der Waals surface area contributed by atoms with Crippen LogP contribution in [0.2, 0.25) is 0 Å². The Morgan fingerprint density at radius 2 is 1.86 bits per heavy atom. The van der Waals surface area contributed by atoms with Crippen molar-refractivity contribution in [2.45, 2.75) is 38.2 Å². The molecule has 0 atom stereocenters. The molecule has 1 aliphatic rings. The van der Waals surface area contributed by atoms with Gasteiger partial charge in [0.1, 0.15) is 0 Å². The third-order valence-corrected chi connectivity index (χ3v) is 2.76. The Bertz CT molecular complexity index is 285. The molecular weight excluding hydrogens is 172 g/mol. The fourth-order valence-electron chi connectivity index (χ4n) is 1.53. The van der Waals surface area contributed by atoms with Gasteiger partial charge in [-0.15, -0.1) is 0 Å². The quantitative estimate of drug-likeness (QED) is 0.708. The first-order chi connectivity index (χ1) is 6.68. The normalized spacial score (nSPS) is 17.0. The van der Waals surface area contributed by atoms with E-state index in [4.69, 9.17) is 4.74 Å². The van der Waals surface area contributed by atoms with Gasteiger partial charge < -0.3 is 4.74 Å². The predicted molar refractivity (Wildman–Crippen MR) is 58.4 cm³/mol. The first kappa shape index (κ1) is 9.72. The number of ether oxygens (including phenoxy) is 1. The minimum atomic E-state index is 0.143. The van der Waals surface area contributed by atoms with Crippen LogP contribution in [-0.4, -0.2) is 12.7 Å². The highest BCUT2D eigenvalue weighted by atomic mass is 16.5. The lowest BCUT2D eigenvalue weighted by molar-refractivity contribution is 0.0816. The molecule has 0 bridgehead atoms. The number of hydrogen-bond acceptors (Lipinski definition) is 1. The summed E-state index contributed by atoms with van der Waals surface area (Å²) in [6.07, 6.45) is 3.06. The van der Waals surface area contributed by atoms with Gasteiger partial charge in [0.05, 0.1) is 12.7 Å². The predicted octanol–water partition coefficient (Wildman–Crippen LogP) is 3.14. The van der Waals surface area contributed by atoms with Crippen LogP contribution in [0.25, 0.3) is 0 Å². The molecule has 0 N–H and O–H groups in total. The van der Waals surface area contributed by atoms with Crippen LogP contribution in [0.4, 0.5) is 0 Å². The topological polar surface area (TPSA) is 9.23 Å². The Hall–Kier alpha value is -0.820. The minimum absolute atomic E-state index is 0.143. The highest BCUT2D eigenvalue weighted by molar-refractivity contribution is 5.23. The molecule has 0 spiro atoms. The van der Waals surface area contributed by atoms with Crippen LogP contribution < -0.4 is 0 Å². The van der Waals surface area contributed by atoms with Crippen molar-refractivity contribution in [3.8, 4) is 0 Å². The zero-order valence-electron chi connectivity index (χ0n) is 8.99. The molecule has 0 aromatic heterocycles. The van der Waals surface area contributed by atoms with E-state index in [1.807, 2.05) is 0 Å². The summed E-state index contributed by atoms with van der Waals surface area (Å²) in [4.78, 5) is 0. The average molecular weight is 190 g/mol. The summed E-state index contributed by atoms with van der Waals surface area (Å²) < 4.78 is 5.77. The van der Waals surface area contributed by atoms with E-state index in [2.05, 4.69) is 44.2 Å². The second-order valence-corrected chi connectivity index (χ2v) is 4.76. The van der Waals surface area contributed by atoms with Crippen LogP contribution in [0.3, 0.4) is 0 Å². The number of rotatable bonds is 4. The van der Waals surface area contributed by atoms with Gasteiger partial charge in [-0.05, 0) is 18.4 Å². The van der Waals surface area contributed by atoms with Crippen LogP contribution in [0.5, 0.6) is 0 Å². The van der Waals surface area contributed by atoms with Gasteiger partial charge in [-0.2, -0.15) is 0 Å². The van der Waals surface area contributed by atoms with Crippen LogP contribution >= 0.6 is 0 Å². The van der Waals surface area contributed by atoms with Crippen molar-refractivity contribution in [3.63, 3.8) is 0 Å². The summed E-state index contributed by atoms with van der Waals surface area (Å²) in [6.45, 7) is 5.32. The van der Waals surface area contributed by atoms with Gasteiger partial charge in [0.2, 0.25) is 0 Å². The fourth-order valence-corrected chi connectivity index (χ4v) is 1.53. The number of benzene rings is 1. The Balaban J connectivity index is 1.99. The Labute approximate surface area is 86.1 Å². The lowest BCUT2D eigenvalue weighted by atomic mass is 9.86. The monoisotopic (exact) mass is 190 g/mol. The molecule has 0 unspecified atom stereocenters. The van der Waals surface area contributed by atoms with Crippen molar-refractivity contribution in [2.24, 2.45) is 0 Å². The summed E-state index contributed by atoms with van der Waals surface area (Å²) in [5.74, 6) is 0. The minimum Gasteiger partial charge on any atom is -0.377 e. The highest BCUT2D eigenvalue weighted by Gasteiger charge is 2.27. The maximum absolute atomic E-state index is 5.77. The van der Waals surface area contributed by atoms with Crippen molar-refractivity contribution < 1.29 is 4.74 Å². The SMILES string of the molecule is CC(C)(COC1CC1)c1ccccc1. The zero-order valence-corrected chi connectivity index (χ0v) is 8.99. The van der Waals surface area contributed by atoms with Crippen LogP contribution in [-0.2, 0) is 10.2 Å². The van der Waals surface area contributed by atoms with E-state index in [9.17, 15) is 0 Å². The highest BCUT2D eigenvalue weighted by Crippen LogP contribution is 2.29. The maximum Gasteiger partial charge on any atom is 0.0577 e. The van der Waals surface area contributed by atoms with Crippen molar-refractivity contribution in [3.05, 3.63) is 35.9 Å². The third-order valence-electron chi connectivity index (χ3n) is 2.76. The molecule has 0 heterocycles. The molecule has 76 valence electrons. The Morgan fingerprint density at radius 1 is 1.21 bits per heavy atom. The lowest BCUT2D eigenvalue weighted by Gasteiger charge is -2.25. The summed E-state index contributed by atoms with van der Waals surface area (Å²) in [6, 6.07) is 10.6. The van der Waals surface area contributed by atoms with Gasteiger partial charge in [-0.3, -0.25) is 0 Å². The van der Waals surface area contributed by atoms with Crippen LogP contribution in [0, 0.1) is 0 Å². The first-order valence-corrected chi connectivity index (χ1v) is 5.36. The molecule has 1 aromatic carbocycles. The van der Waals surface area contributed by atoms with Crippen LogP contribution in [0.15, 0.2) is 30.3 Å². The van der Waals surface area contributed by atoms with Crippen molar-refractivity contribution in [1.29, 1.82) is 0 Å². The molecule has 1 heteroatoms. The molecule has 14 heavy (non-hydrogen) atoms. The molecule has 1 aliphatic carbocycles. The van der Waals surface area contributed by atoms with Gasteiger partial charge in [-0.1, -0.05) is 44.2 Å². The molecule has 1 aromatic rings. The maximum atomic E-state index is 5.77. The smallest absolute Gasteiger partial charge is 0.0577 e. The molecule has 0 aliphatic heterocycles. The largest absolute Gasteiger partial charge is 0.377 e. The van der Waals surface area contributed by atoms with E-state index in [-0.39, 0.29) is 5.41 Å². The van der Waals surface area contributed by atoms with E-state index in [0.717, 1.165) is 6.61 Å². The molecule has 1 fully saturated rings. The van der Waals surface area contributed by atoms with Crippen molar-refractivity contribution >= 4 is 0 Å². The van der Waals surface area contributed by atoms with E-state index >= 15 is 0 Å². The van der Waals surface area contributed by atoms with Crippen LogP contribution in [0.1, 0.15) is 32.3 Å². The van der Waals surface area contributed by atoms with Gasteiger partial charge in [0.15, 0.2) is 0 Å². The van der Waals surface area contributed by atoms with Gasteiger partial charge in [0.25, 0.3) is 0 Å². The first-order valence-electron chi connectivity index (χ1n) is 5.36. The molecular formula is C13H18O. The zero-order chi connectivity index (χ0) is 10.0. The van der Waals surface area contributed by atoms with Gasteiger partial charge in [0, 0.05) is 5.41 Å². The van der Waals surface area contributed by atoms with Gasteiger partial charge >= 0.3 is 0 Å².